The summed E-state index contributed by atoms with van der Waals surface area (Å²) >= 11 is 3.34. The number of carbonyl (C=O) groups is 2. The Morgan fingerprint density at radius 1 is 1.44 bits per heavy atom. The topological polar surface area (TPSA) is 66.4 Å². The van der Waals surface area contributed by atoms with Crippen molar-refractivity contribution < 1.29 is 14.7 Å². The fourth-order valence-corrected chi connectivity index (χ4v) is 2.18. The summed E-state index contributed by atoms with van der Waals surface area (Å²) in [5.74, 6) is -1.12. The third kappa shape index (κ3) is 3.57. The Kier molecular flexibility index (Phi) is 4.01. The maximum Gasteiger partial charge on any atom is 0.326 e. The van der Waals surface area contributed by atoms with Gasteiger partial charge in [-0.3, -0.25) is 4.79 Å². The molecular formula is C13H14BrNO3. The molecule has 1 amide bonds. The standard InChI is InChI=1S/C13H14BrNO3/c14-10-3-1-2-8(6-10)7-11(13(17)18)15-12(16)9-4-5-9/h1-3,6,9,11H,4-5,7H2,(H,15,16)(H,17,18). The molecule has 1 aliphatic carbocycles. The van der Waals surface area contributed by atoms with Crippen molar-refractivity contribution in [2.24, 2.45) is 5.92 Å². The molecule has 0 saturated heterocycles. The van der Waals surface area contributed by atoms with Gasteiger partial charge in [0.25, 0.3) is 0 Å². The third-order valence-electron chi connectivity index (χ3n) is 2.89. The van der Waals surface area contributed by atoms with Crippen molar-refractivity contribution in [3.8, 4) is 0 Å². The van der Waals surface area contributed by atoms with Gasteiger partial charge in [-0.25, -0.2) is 4.79 Å². The molecule has 0 bridgehead atoms. The van der Waals surface area contributed by atoms with E-state index in [0.717, 1.165) is 22.9 Å². The lowest BCUT2D eigenvalue weighted by Gasteiger charge is -2.14. The minimum absolute atomic E-state index is 0.0226. The van der Waals surface area contributed by atoms with Crippen LogP contribution < -0.4 is 5.32 Å². The van der Waals surface area contributed by atoms with Gasteiger partial charge in [-0.2, -0.15) is 0 Å². The van der Waals surface area contributed by atoms with Crippen LogP contribution in [0.4, 0.5) is 0 Å². The van der Waals surface area contributed by atoms with E-state index in [4.69, 9.17) is 5.11 Å². The molecule has 0 aromatic heterocycles. The number of halogens is 1. The second kappa shape index (κ2) is 5.52. The number of carboxylic acid groups (broad SMARTS) is 1. The van der Waals surface area contributed by atoms with Gasteiger partial charge in [0.05, 0.1) is 0 Å². The van der Waals surface area contributed by atoms with Crippen LogP contribution in [0.2, 0.25) is 0 Å². The monoisotopic (exact) mass is 311 g/mol. The summed E-state index contributed by atoms with van der Waals surface area (Å²) in [4.78, 5) is 22.7. The van der Waals surface area contributed by atoms with E-state index in [1.165, 1.54) is 0 Å². The van der Waals surface area contributed by atoms with E-state index in [-0.39, 0.29) is 11.8 Å². The molecular weight excluding hydrogens is 298 g/mol. The van der Waals surface area contributed by atoms with Crippen LogP contribution >= 0.6 is 15.9 Å². The smallest absolute Gasteiger partial charge is 0.326 e. The number of amides is 1. The van der Waals surface area contributed by atoms with Gasteiger partial charge in [0, 0.05) is 16.8 Å². The molecule has 0 heterocycles. The zero-order chi connectivity index (χ0) is 13.1. The molecule has 0 radical (unpaired) electrons. The second-order valence-corrected chi connectivity index (χ2v) is 5.42. The molecule has 5 heteroatoms. The van der Waals surface area contributed by atoms with Crippen LogP contribution in [0.1, 0.15) is 18.4 Å². The maximum atomic E-state index is 11.6. The molecule has 0 aliphatic heterocycles. The van der Waals surface area contributed by atoms with Gasteiger partial charge in [-0.05, 0) is 30.5 Å². The van der Waals surface area contributed by atoms with Crippen LogP contribution in [0.5, 0.6) is 0 Å². The number of rotatable bonds is 5. The van der Waals surface area contributed by atoms with Gasteiger partial charge in [0.2, 0.25) is 5.91 Å². The molecule has 96 valence electrons. The number of aliphatic carboxylic acids is 1. The van der Waals surface area contributed by atoms with E-state index in [9.17, 15) is 9.59 Å². The van der Waals surface area contributed by atoms with Gasteiger partial charge >= 0.3 is 5.97 Å². The largest absolute Gasteiger partial charge is 0.480 e. The SMILES string of the molecule is O=C(NC(Cc1cccc(Br)c1)C(=O)O)C1CC1. The zero-order valence-electron chi connectivity index (χ0n) is 9.73. The summed E-state index contributed by atoms with van der Waals surface area (Å²) < 4.78 is 0.901. The number of hydrogen-bond acceptors (Lipinski definition) is 2. The average molecular weight is 312 g/mol. The Morgan fingerprint density at radius 2 is 2.17 bits per heavy atom. The molecule has 1 unspecified atom stereocenters. The first-order valence-electron chi connectivity index (χ1n) is 5.84. The first kappa shape index (κ1) is 13.1. The fourth-order valence-electron chi connectivity index (χ4n) is 1.73. The lowest BCUT2D eigenvalue weighted by molar-refractivity contribution is -0.142. The summed E-state index contributed by atoms with van der Waals surface area (Å²) in [6, 6.07) is 6.58. The van der Waals surface area contributed by atoms with E-state index >= 15 is 0 Å². The summed E-state index contributed by atoms with van der Waals surface area (Å²) in [6.07, 6.45) is 2.04. The van der Waals surface area contributed by atoms with Gasteiger partial charge in [-0.15, -0.1) is 0 Å². The number of carbonyl (C=O) groups excluding carboxylic acids is 1. The molecule has 2 rings (SSSR count). The quantitative estimate of drug-likeness (QED) is 0.873. The lowest BCUT2D eigenvalue weighted by Crippen LogP contribution is -2.43. The Balaban J connectivity index is 2.01. The molecule has 18 heavy (non-hydrogen) atoms. The van der Waals surface area contributed by atoms with E-state index in [2.05, 4.69) is 21.2 Å². The lowest BCUT2D eigenvalue weighted by atomic mass is 10.1. The molecule has 1 aromatic rings. The number of carboxylic acids is 1. The normalized spacial score (nSPS) is 16.1. The summed E-state index contributed by atoms with van der Waals surface area (Å²) in [6.45, 7) is 0. The van der Waals surface area contributed by atoms with Crippen molar-refractivity contribution in [1.29, 1.82) is 0 Å². The molecule has 4 nitrogen and oxygen atoms in total. The molecule has 1 fully saturated rings. The second-order valence-electron chi connectivity index (χ2n) is 4.51. The molecule has 0 spiro atoms. The van der Waals surface area contributed by atoms with Crippen molar-refractivity contribution >= 4 is 27.8 Å². The molecule has 2 N–H and O–H groups in total. The van der Waals surface area contributed by atoms with Gasteiger partial charge in [-0.1, -0.05) is 28.1 Å². The minimum atomic E-state index is -0.996. The van der Waals surface area contributed by atoms with Crippen molar-refractivity contribution in [2.75, 3.05) is 0 Å². The number of benzene rings is 1. The predicted molar refractivity (Wildman–Crippen MR) is 70.1 cm³/mol. The van der Waals surface area contributed by atoms with Gasteiger partial charge in [0.1, 0.15) is 6.04 Å². The van der Waals surface area contributed by atoms with Crippen LogP contribution in [-0.4, -0.2) is 23.0 Å². The Bertz CT molecular complexity index is 471. The molecule has 1 atom stereocenters. The van der Waals surface area contributed by atoms with Crippen molar-refractivity contribution in [2.45, 2.75) is 25.3 Å². The van der Waals surface area contributed by atoms with Crippen molar-refractivity contribution in [3.05, 3.63) is 34.3 Å². The van der Waals surface area contributed by atoms with Gasteiger partial charge in [0.15, 0.2) is 0 Å². The number of hydrogen-bond donors (Lipinski definition) is 2. The van der Waals surface area contributed by atoms with Crippen LogP contribution in [0.15, 0.2) is 28.7 Å². The van der Waals surface area contributed by atoms with Crippen LogP contribution in [0.25, 0.3) is 0 Å². The molecule has 1 aromatic carbocycles. The molecule has 1 aliphatic rings. The fraction of sp³-hybridized carbons (Fsp3) is 0.385. The Morgan fingerprint density at radius 3 is 2.72 bits per heavy atom. The van der Waals surface area contributed by atoms with E-state index < -0.39 is 12.0 Å². The third-order valence-corrected chi connectivity index (χ3v) is 3.38. The predicted octanol–water partition coefficient (Wildman–Crippen LogP) is 1.97. The molecule has 1 saturated carbocycles. The highest BCUT2D eigenvalue weighted by molar-refractivity contribution is 9.10. The summed E-state index contributed by atoms with van der Waals surface area (Å²) in [7, 11) is 0. The highest BCUT2D eigenvalue weighted by Crippen LogP contribution is 2.29. The Labute approximate surface area is 114 Å². The van der Waals surface area contributed by atoms with Gasteiger partial charge < -0.3 is 10.4 Å². The van der Waals surface area contributed by atoms with Crippen molar-refractivity contribution in [3.63, 3.8) is 0 Å². The van der Waals surface area contributed by atoms with E-state index in [0.29, 0.717) is 6.42 Å². The van der Waals surface area contributed by atoms with Crippen LogP contribution in [-0.2, 0) is 16.0 Å². The minimum Gasteiger partial charge on any atom is -0.480 e. The maximum absolute atomic E-state index is 11.6. The zero-order valence-corrected chi connectivity index (χ0v) is 11.3. The summed E-state index contributed by atoms with van der Waals surface area (Å²) in [5, 5.41) is 11.7. The van der Waals surface area contributed by atoms with Crippen LogP contribution in [0.3, 0.4) is 0 Å². The average Bonchev–Trinajstić information content (AvgIpc) is 3.11. The number of nitrogens with one attached hydrogen (secondary N) is 1. The first-order valence-corrected chi connectivity index (χ1v) is 6.63. The first-order chi connectivity index (χ1) is 8.56. The Hall–Kier alpha value is -1.36. The van der Waals surface area contributed by atoms with Crippen molar-refractivity contribution in [1.82, 2.24) is 5.32 Å². The van der Waals surface area contributed by atoms with E-state index in [1.807, 2.05) is 24.3 Å². The van der Waals surface area contributed by atoms with Crippen LogP contribution in [0, 0.1) is 5.92 Å². The highest BCUT2D eigenvalue weighted by atomic mass is 79.9. The van der Waals surface area contributed by atoms with E-state index in [1.54, 1.807) is 0 Å². The summed E-state index contributed by atoms with van der Waals surface area (Å²) in [5.41, 5.74) is 0.882. The highest BCUT2D eigenvalue weighted by Gasteiger charge is 2.32.